The second-order valence-electron chi connectivity index (χ2n) is 4.63. The molecule has 0 amide bonds. The van der Waals surface area contributed by atoms with Crippen LogP contribution in [-0.2, 0) is 0 Å². The number of fused-ring (bicyclic) bond motifs is 1. The van der Waals surface area contributed by atoms with Crippen LogP contribution in [0.1, 0.15) is 21.8 Å². The molecule has 3 nitrogen and oxygen atoms in total. The number of halogens is 1. The molecule has 0 saturated heterocycles. The fourth-order valence-electron chi connectivity index (χ4n) is 2.29. The highest BCUT2D eigenvalue weighted by molar-refractivity contribution is 6.30. The molecule has 3 rings (SSSR count). The lowest BCUT2D eigenvalue weighted by Gasteiger charge is -2.07. The summed E-state index contributed by atoms with van der Waals surface area (Å²) in [6.45, 7) is 0. The maximum absolute atomic E-state index is 12.6. The summed E-state index contributed by atoms with van der Waals surface area (Å²) in [5.74, 6) is -1.19. The van der Waals surface area contributed by atoms with Gasteiger partial charge in [0.1, 0.15) is 17.8 Å². The summed E-state index contributed by atoms with van der Waals surface area (Å²) >= 11 is 5.93. The van der Waals surface area contributed by atoms with Crippen LogP contribution in [0, 0.1) is 11.3 Å². The molecule has 1 atom stereocenters. The van der Waals surface area contributed by atoms with Gasteiger partial charge in [0.15, 0.2) is 5.78 Å². The van der Waals surface area contributed by atoms with E-state index in [-0.39, 0.29) is 5.78 Å². The van der Waals surface area contributed by atoms with Crippen molar-refractivity contribution in [2.45, 2.75) is 5.92 Å². The Kier molecular flexibility index (Phi) is 3.47. The molecule has 2 aromatic carbocycles. The SMILES string of the molecule is N#CC(C(=O)c1coc2ccccc12)c1cccc(Cl)c1. The van der Waals surface area contributed by atoms with E-state index in [4.69, 9.17) is 16.0 Å². The first kappa shape index (κ1) is 13.4. The maximum atomic E-state index is 12.6. The second-order valence-corrected chi connectivity index (χ2v) is 5.06. The Morgan fingerprint density at radius 3 is 2.76 bits per heavy atom. The lowest BCUT2D eigenvalue weighted by molar-refractivity contribution is 0.0979. The van der Waals surface area contributed by atoms with Crippen molar-refractivity contribution in [1.82, 2.24) is 0 Å². The van der Waals surface area contributed by atoms with Crippen LogP contribution in [0.2, 0.25) is 5.02 Å². The number of ketones is 1. The highest BCUT2D eigenvalue weighted by Gasteiger charge is 2.25. The Balaban J connectivity index is 2.06. The summed E-state index contributed by atoms with van der Waals surface area (Å²) in [5, 5.41) is 10.6. The largest absolute Gasteiger partial charge is 0.464 e. The highest BCUT2D eigenvalue weighted by Crippen LogP contribution is 2.28. The molecule has 0 saturated carbocycles. The van der Waals surface area contributed by atoms with Crippen LogP contribution in [0.4, 0.5) is 0 Å². The van der Waals surface area contributed by atoms with Crippen molar-refractivity contribution in [3.63, 3.8) is 0 Å². The fourth-order valence-corrected chi connectivity index (χ4v) is 2.49. The van der Waals surface area contributed by atoms with Gasteiger partial charge in [0.25, 0.3) is 0 Å². The molecular weight excluding hydrogens is 286 g/mol. The smallest absolute Gasteiger partial charge is 0.188 e. The monoisotopic (exact) mass is 295 g/mol. The first-order valence-electron chi connectivity index (χ1n) is 6.36. The topological polar surface area (TPSA) is 54.0 Å². The first-order valence-corrected chi connectivity index (χ1v) is 6.74. The van der Waals surface area contributed by atoms with Gasteiger partial charge < -0.3 is 4.42 Å². The van der Waals surface area contributed by atoms with Crippen LogP contribution in [0.3, 0.4) is 0 Å². The van der Waals surface area contributed by atoms with E-state index < -0.39 is 5.92 Å². The van der Waals surface area contributed by atoms with Crippen LogP contribution >= 0.6 is 11.6 Å². The van der Waals surface area contributed by atoms with Crippen molar-refractivity contribution in [1.29, 1.82) is 5.26 Å². The summed E-state index contributed by atoms with van der Waals surface area (Å²) < 4.78 is 5.37. The van der Waals surface area contributed by atoms with Crippen LogP contribution in [-0.4, -0.2) is 5.78 Å². The van der Waals surface area contributed by atoms with E-state index in [0.717, 1.165) is 0 Å². The number of hydrogen-bond donors (Lipinski definition) is 0. The highest BCUT2D eigenvalue weighted by atomic mass is 35.5. The average molecular weight is 296 g/mol. The van der Waals surface area contributed by atoms with E-state index in [9.17, 15) is 10.1 Å². The summed E-state index contributed by atoms with van der Waals surface area (Å²) in [7, 11) is 0. The molecule has 0 aliphatic heterocycles. The second kappa shape index (κ2) is 5.43. The third kappa shape index (κ3) is 2.42. The maximum Gasteiger partial charge on any atom is 0.188 e. The van der Waals surface area contributed by atoms with Gasteiger partial charge in [-0.05, 0) is 23.8 Å². The van der Waals surface area contributed by atoms with Gasteiger partial charge in [0.05, 0.1) is 11.6 Å². The molecular formula is C17H10ClNO2. The number of carbonyl (C=O) groups excluding carboxylic acids is 1. The normalized spacial score (nSPS) is 12.0. The van der Waals surface area contributed by atoms with Crippen molar-refractivity contribution in [2.24, 2.45) is 0 Å². The number of hydrogen-bond acceptors (Lipinski definition) is 3. The number of benzene rings is 2. The molecule has 0 aliphatic carbocycles. The molecule has 21 heavy (non-hydrogen) atoms. The molecule has 0 bridgehead atoms. The van der Waals surface area contributed by atoms with Gasteiger partial charge in [-0.15, -0.1) is 0 Å². The van der Waals surface area contributed by atoms with E-state index in [1.165, 1.54) is 6.26 Å². The minimum Gasteiger partial charge on any atom is -0.464 e. The predicted octanol–water partition coefficient (Wildman–Crippen LogP) is 4.58. The number of nitrogens with zero attached hydrogens (tertiary/aromatic N) is 1. The van der Waals surface area contributed by atoms with Crippen LogP contribution in [0.25, 0.3) is 11.0 Å². The lowest BCUT2D eigenvalue weighted by Crippen LogP contribution is -2.10. The molecule has 102 valence electrons. The van der Waals surface area contributed by atoms with Crippen molar-refractivity contribution >= 4 is 28.4 Å². The van der Waals surface area contributed by atoms with Crippen molar-refractivity contribution in [2.75, 3.05) is 0 Å². The van der Waals surface area contributed by atoms with E-state index >= 15 is 0 Å². The molecule has 0 radical (unpaired) electrons. The van der Waals surface area contributed by atoms with E-state index in [0.29, 0.717) is 27.1 Å². The third-order valence-electron chi connectivity index (χ3n) is 3.32. The lowest BCUT2D eigenvalue weighted by atomic mass is 9.92. The van der Waals surface area contributed by atoms with Crippen molar-refractivity contribution in [3.05, 3.63) is 70.9 Å². The van der Waals surface area contributed by atoms with Gasteiger partial charge in [-0.2, -0.15) is 5.26 Å². The Hall–Kier alpha value is -2.57. The van der Waals surface area contributed by atoms with Crippen LogP contribution in [0.5, 0.6) is 0 Å². The zero-order valence-electron chi connectivity index (χ0n) is 10.9. The predicted molar refractivity (Wildman–Crippen MR) is 80.4 cm³/mol. The summed E-state index contributed by atoms with van der Waals surface area (Å²) in [4.78, 5) is 12.6. The molecule has 3 aromatic rings. The number of rotatable bonds is 3. The zero-order chi connectivity index (χ0) is 14.8. The molecule has 1 unspecified atom stereocenters. The minimum atomic E-state index is -0.898. The van der Waals surface area contributed by atoms with Crippen molar-refractivity contribution in [3.8, 4) is 6.07 Å². The Morgan fingerprint density at radius 1 is 1.19 bits per heavy atom. The number of nitriles is 1. The Labute approximate surface area is 126 Å². The number of carbonyl (C=O) groups is 1. The Bertz CT molecular complexity index is 860. The molecule has 0 aliphatic rings. The van der Waals surface area contributed by atoms with Gasteiger partial charge in [-0.1, -0.05) is 41.9 Å². The molecule has 1 aromatic heterocycles. The van der Waals surface area contributed by atoms with E-state index in [1.807, 2.05) is 18.2 Å². The Morgan fingerprint density at radius 2 is 2.00 bits per heavy atom. The number of para-hydroxylation sites is 1. The van der Waals surface area contributed by atoms with Crippen LogP contribution < -0.4 is 0 Å². The van der Waals surface area contributed by atoms with Gasteiger partial charge >= 0.3 is 0 Å². The molecule has 0 fully saturated rings. The first-order chi connectivity index (χ1) is 10.2. The standard InChI is InChI=1S/C17H10ClNO2/c18-12-5-3-4-11(8-12)14(9-19)17(20)15-10-21-16-7-2-1-6-13(15)16/h1-8,10,14H. The molecule has 4 heteroatoms. The van der Waals surface area contributed by atoms with E-state index in [1.54, 1.807) is 36.4 Å². The molecule has 0 N–H and O–H groups in total. The van der Waals surface area contributed by atoms with Gasteiger partial charge in [0.2, 0.25) is 0 Å². The molecule has 1 heterocycles. The fraction of sp³-hybridized carbons (Fsp3) is 0.0588. The van der Waals surface area contributed by atoms with Gasteiger partial charge in [-0.3, -0.25) is 4.79 Å². The minimum absolute atomic E-state index is 0.287. The number of furan rings is 1. The third-order valence-corrected chi connectivity index (χ3v) is 3.55. The summed E-state index contributed by atoms with van der Waals surface area (Å²) in [6.07, 6.45) is 1.40. The molecule has 0 spiro atoms. The average Bonchev–Trinajstić information content (AvgIpc) is 2.92. The van der Waals surface area contributed by atoms with Crippen molar-refractivity contribution < 1.29 is 9.21 Å². The van der Waals surface area contributed by atoms with Gasteiger partial charge in [0, 0.05) is 10.4 Å². The quantitative estimate of drug-likeness (QED) is 0.665. The summed E-state index contributed by atoms with van der Waals surface area (Å²) in [5.41, 5.74) is 1.63. The van der Waals surface area contributed by atoms with Gasteiger partial charge in [-0.25, -0.2) is 0 Å². The van der Waals surface area contributed by atoms with Crippen LogP contribution in [0.15, 0.2) is 59.2 Å². The van der Waals surface area contributed by atoms with E-state index in [2.05, 4.69) is 0 Å². The summed E-state index contributed by atoms with van der Waals surface area (Å²) in [6, 6.07) is 16.1. The number of Topliss-reactive ketones (excluding diaryl/α,β-unsaturated/α-hetero) is 1. The zero-order valence-corrected chi connectivity index (χ0v) is 11.7.